The molecule has 2 amide bonds. The third kappa shape index (κ3) is 5.23. The third-order valence-corrected chi connectivity index (χ3v) is 5.06. The van der Waals surface area contributed by atoms with E-state index >= 15 is 0 Å². The maximum Gasteiger partial charge on any atom is 0.242 e. The monoisotopic (exact) mass is 385 g/mol. The summed E-state index contributed by atoms with van der Waals surface area (Å²) >= 11 is 5.91. The fourth-order valence-electron chi connectivity index (χ4n) is 3.20. The number of anilines is 1. The molecule has 0 radical (unpaired) electrons. The fourth-order valence-corrected chi connectivity index (χ4v) is 3.33. The molecular weight excluding hydrogens is 362 g/mol. The highest BCUT2D eigenvalue weighted by molar-refractivity contribution is 6.30. The second kappa shape index (κ2) is 8.91. The molecule has 0 saturated carbocycles. The lowest BCUT2D eigenvalue weighted by Gasteiger charge is -2.37. The van der Waals surface area contributed by atoms with Crippen LogP contribution in [0.5, 0.6) is 0 Å². The normalized spacial score (nSPS) is 14.1. The molecule has 0 atom stereocenters. The van der Waals surface area contributed by atoms with Crippen LogP contribution in [-0.4, -0.2) is 54.3 Å². The summed E-state index contributed by atoms with van der Waals surface area (Å²) in [7, 11) is 0. The van der Waals surface area contributed by atoms with Crippen molar-refractivity contribution in [2.24, 2.45) is 0 Å². The van der Waals surface area contributed by atoms with Crippen molar-refractivity contribution in [3.05, 3.63) is 65.2 Å². The van der Waals surface area contributed by atoms with Crippen molar-refractivity contribution in [1.29, 1.82) is 0 Å². The average Bonchev–Trinajstić information content (AvgIpc) is 2.69. The molecule has 0 unspecified atom stereocenters. The molecule has 0 bridgehead atoms. The summed E-state index contributed by atoms with van der Waals surface area (Å²) in [6.45, 7) is 4.93. The van der Waals surface area contributed by atoms with Gasteiger partial charge in [0.25, 0.3) is 0 Å². The Kier molecular flexibility index (Phi) is 6.35. The molecule has 27 heavy (non-hydrogen) atoms. The van der Waals surface area contributed by atoms with Crippen LogP contribution in [-0.2, 0) is 16.1 Å². The fraction of sp³-hybridized carbons (Fsp3) is 0.333. The first-order chi connectivity index (χ1) is 13.0. The number of carbonyl (C=O) groups is 2. The summed E-state index contributed by atoms with van der Waals surface area (Å²) in [4.78, 5) is 30.4. The molecule has 0 spiro atoms. The van der Waals surface area contributed by atoms with Crippen molar-refractivity contribution in [3.8, 4) is 0 Å². The smallest absolute Gasteiger partial charge is 0.242 e. The molecule has 142 valence electrons. The molecule has 0 N–H and O–H groups in total. The number of halogens is 1. The number of amides is 2. The maximum atomic E-state index is 12.7. The summed E-state index contributed by atoms with van der Waals surface area (Å²) in [6.07, 6.45) is 0. The zero-order chi connectivity index (χ0) is 19.2. The van der Waals surface area contributed by atoms with Gasteiger partial charge >= 0.3 is 0 Å². The van der Waals surface area contributed by atoms with Crippen LogP contribution in [0, 0.1) is 0 Å². The second-order valence-electron chi connectivity index (χ2n) is 6.70. The zero-order valence-corrected chi connectivity index (χ0v) is 16.2. The Bertz CT molecular complexity index is 772. The molecule has 1 aliphatic heterocycles. The van der Waals surface area contributed by atoms with Crippen molar-refractivity contribution < 1.29 is 9.59 Å². The lowest BCUT2D eigenvalue weighted by Crippen LogP contribution is -2.51. The molecule has 1 fully saturated rings. The molecule has 0 aliphatic carbocycles. The SMILES string of the molecule is CC(=O)N(CC(=O)N1CCN(c2ccccc2)CC1)Cc1ccc(Cl)cc1. The van der Waals surface area contributed by atoms with Gasteiger partial charge in [0.15, 0.2) is 0 Å². The minimum Gasteiger partial charge on any atom is -0.368 e. The zero-order valence-electron chi connectivity index (χ0n) is 15.5. The molecule has 0 aromatic heterocycles. The number of hydrogen-bond acceptors (Lipinski definition) is 3. The highest BCUT2D eigenvalue weighted by Gasteiger charge is 2.23. The standard InChI is InChI=1S/C21H24ClN3O2/c1-17(26)25(15-18-7-9-19(22)10-8-18)16-21(27)24-13-11-23(12-14-24)20-5-3-2-4-6-20/h2-10H,11-16H2,1H3. The number of para-hydroxylation sites is 1. The van der Waals surface area contributed by atoms with Gasteiger partial charge < -0.3 is 14.7 Å². The molecule has 6 heteroatoms. The molecule has 5 nitrogen and oxygen atoms in total. The van der Waals surface area contributed by atoms with Gasteiger partial charge in [-0.2, -0.15) is 0 Å². The number of rotatable bonds is 5. The summed E-state index contributed by atoms with van der Waals surface area (Å²) in [5, 5.41) is 0.653. The van der Waals surface area contributed by atoms with E-state index in [2.05, 4.69) is 17.0 Å². The molecule has 2 aromatic rings. The van der Waals surface area contributed by atoms with E-state index in [1.54, 1.807) is 17.0 Å². The number of hydrogen-bond donors (Lipinski definition) is 0. The van der Waals surface area contributed by atoms with E-state index in [0.717, 1.165) is 18.7 Å². The van der Waals surface area contributed by atoms with Gasteiger partial charge in [-0.1, -0.05) is 41.9 Å². The maximum absolute atomic E-state index is 12.7. The Hall–Kier alpha value is -2.53. The summed E-state index contributed by atoms with van der Waals surface area (Å²) in [6, 6.07) is 17.5. The number of nitrogens with zero attached hydrogens (tertiary/aromatic N) is 3. The second-order valence-corrected chi connectivity index (χ2v) is 7.14. The highest BCUT2D eigenvalue weighted by Crippen LogP contribution is 2.16. The molecule has 1 aliphatic rings. The molecular formula is C21H24ClN3O2. The van der Waals surface area contributed by atoms with E-state index in [4.69, 9.17) is 11.6 Å². The largest absolute Gasteiger partial charge is 0.368 e. The van der Waals surface area contributed by atoms with Crippen LogP contribution in [0.2, 0.25) is 5.02 Å². The van der Waals surface area contributed by atoms with Gasteiger partial charge in [-0.3, -0.25) is 9.59 Å². The predicted molar refractivity (Wildman–Crippen MR) is 108 cm³/mol. The van der Waals surface area contributed by atoms with Crippen LogP contribution < -0.4 is 4.90 Å². The van der Waals surface area contributed by atoms with Crippen molar-refractivity contribution in [3.63, 3.8) is 0 Å². The van der Waals surface area contributed by atoms with Gasteiger partial charge in [-0.05, 0) is 29.8 Å². The van der Waals surface area contributed by atoms with E-state index in [-0.39, 0.29) is 18.4 Å². The van der Waals surface area contributed by atoms with E-state index < -0.39 is 0 Å². The van der Waals surface area contributed by atoms with Crippen LogP contribution in [0.1, 0.15) is 12.5 Å². The van der Waals surface area contributed by atoms with Crippen molar-refractivity contribution in [2.75, 3.05) is 37.6 Å². The quantitative estimate of drug-likeness (QED) is 0.794. The van der Waals surface area contributed by atoms with Crippen molar-refractivity contribution in [2.45, 2.75) is 13.5 Å². The van der Waals surface area contributed by atoms with Gasteiger partial charge in [0, 0.05) is 50.4 Å². The number of piperazine rings is 1. The van der Waals surface area contributed by atoms with Crippen LogP contribution in [0.25, 0.3) is 0 Å². The van der Waals surface area contributed by atoms with Gasteiger partial charge in [-0.25, -0.2) is 0 Å². The van der Waals surface area contributed by atoms with Gasteiger partial charge in [0.2, 0.25) is 11.8 Å². The Morgan fingerprint density at radius 2 is 1.59 bits per heavy atom. The van der Waals surface area contributed by atoms with Crippen LogP contribution in [0.3, 0.4) is 0 Å². The van der Waals surface area contributed by atoms with Crippen LogP contribution in [0.15, 0.2) is 54.6 Å². The first-order valence-electron chi connectivity index (χ1n) is 9.10. The Morgan fingerprint density at radius 1 is 0.963 bits per heavy atom. The first-order valence-corrected chi connectivity index (χ1v) is 9.48. The summed E-state index contributed by atoms with van der Waals surface area (Å²) in [5.41, 5.74) is 2.13. The van der Waals surface area contributed by atoms with Gasteiger partial charge in [0.1, 0.15) is 6.54 Å². The Labute approximate surface area is 165 Å². The Balaban J connectivity index is 1.55. The number of benzene rings is 2. The molecule has 2 aromatic carbocycles. The third-order valence-electron chi connectivity index (χ3n) is 4.81. The minimum atomic E-state index is -0.110. The van der Waals surface area contributed by atoms with E-state index in [0.29, 0.717) is 24.7 Å². The lowest BCUT2D eigenvalue weighted by molar-refractivity contribution is -0.140. The van der Waals surface area contributed by atoms with Gasteiger partial charge in [0.05, 0.1) is 0 Å². The Morgan fingerprint density at radius 3 is 2.19 bits per heavy atom. The van der Waals surface area contributed by atoms with Crippen molar-refractivity contribution >= 4 is 29.1 Å². The summed E-state index contributed by atoms with van der Waals surface area (Å²) < 4.78 is 0. The minimum absolute atomic E-state index is 0.00752. The van der Waals surface area contributed by atoms with E-state index in [1.807, 2.05) is 35.2 Å². The van der Waals surface area contributed by atoms with E-state index in [1.165, 1.54) is 12.6 Å². The lowest BCUT2D eigenvalue weighted by atomic mass is 10.2. The topological polar surface area (TPSA) is 43.9 Å². The predicted octanol–water partition coefficient (Wildman–Crippen LogP) is 3.04. The van der Waals surface area contributed by atoms with E-state index in [9.17, 15) is 9.59 Å². The van der Waals surface area contributed by atoms with Crippen molar-refractivity contribution in [1.82, 2.24) is 9.80 Å². The number of carbonyl (C=O) groups excluding carboxylic acids is 2. The highest BCUT2D eigenvalue weighted by atomic mass is 35.5. The first kappa shape index (κ1) is 19.2. The molecule has 1 heterocycles. The van der Waals surface area contributed by atoms with Gasteiger partial charge in [-0.15, -0.1) is 0 Å². The van der Waals surface area contributed by atoms with Crippen LogP contribution >= 0.6 is 11.6 Å². The molecule has 3 rings (SSSR count). The van der Waals surface area contributed by atoms with Crippen LogP contribution in [0.4, 0.5) is 5.69 Å². The molecule has 1 saturated heterocycles. The average molecular weight is 386 g/mol. The summed E-state index contributed by atoms with van der Waals surface area (Å²) in [5.74, 6) is -0.118.